The van der Waals surface area contributed by atoms with E-state index in [1.807, 2.05) is 12.1 Å². The summed E-state index contributed by atoms with van der Waals surface area (Å²) in [5, 5.41) is 23.1. The van der Waals surface area contributed by atoms with Gasteiger partial charge in [-0.25, -0.2) is 0 Å². The van der Waals surface area contributed by atoms with Gasteiger partial charge in [0.2, 0.25) is 0 Å². The van der Waals surface area contributed by atoms with Gasteiger partial charge in [0.1, 0.15) is 0 Å². The van der Waals surface area contributed by atoms with Crippen LogP contribution in [0.3, 0.4) is 0 Å². The first-order valence-corrected chi connectivity index (χ1v) is 6.15. The number of hydrogen-bond donors (Lipinski definition) is 1. The van der Waals surface area contributed by atoms with Gasteiger partial charge in [-0.15, -0.1) is 0 Å². The first kappa shape index (κ1) is 13.8. The molecule has 2 aromatic rings. The van der Waals surface area contributed by atoms with Crippen molar-refractivity contribution in [2.24, 2.45) is 0 Å². The molecule has 0 aromatic heterocycles. The van der Waals surface area contributed by atoms with Crippen molar-refractivity contribution in [3.05, 3.63) is 68.7 Å². The van der Waals surface area contributed by atoms with E-state index in [0.717, 1.165) is 5.69 Å². The Kier molecular flexibility index (Phi) is 4.18. The quantitative estimate of drug-likeness (QED) is 0.686. The van der Waals surface area contributed by atoms with Gasteiger partial charge in [0, 0.05) is 29.4 Å². The van der Waals surface area contributed by atoms with E-state index in [1.165, 1.54) is 18.2 Å². The maximum absolute atomic E-state index is 10.7. The molecule has 6 heteroatoms. The third kappa shape index (κ3) is 3.25. The van der Waals surface area contributed by atoms with Crippen LogP contribution in [0.5, 0.6) is 0 Å². The van der Waals surface area contributed by atoms with Gasteiger partial charge in [-0.1, -0.05) is 17.7 Å². The van der Waals surface area contributed by atoms with Crippen molar-refractivity contribution >= 4 is 23.0 Å². The summed E-state index contributed by atoms with van der Waals surface area (Å²) in [5.74, 6) is 0. The van der Waals surface area contributed by atoms with E-state index in [2.05, 4.69) is 5.32 Å². The zero-order chi connectivity index (χ0) is 14.5. The zero-order valence-corrected chi connectivity index (χ0v) is 11.1. The highest BCUT2D eigenvalue weighted by Crippen LogP contribution is 2.23. The molecule has 0 atom stereocenters. The highest BCUT2D eigenvalue weighted by Gasteiger charge is 2.09. The standard InChI is InChI=1S/C14H10ClN3O2/c15-14-5-4-13(18(19)20)7-11(14)9-17-12-3-1-2-10(6-12)8-16/h1-7,17H,9H2. The Bertz CT molecular complexity index is 695. The molecule has 0 aliphatic carbocycles. The maximum Gasteiger partial charge on any atom is 0.269 e. The van der Waals surface area contributed by atoms with E-state index >= 15 is 0 Å². The normalized spacial score (nSPS) is 9.80. The molecular formula is C14H10ClN3O2. The van der Waals surface area contributed by atoms with E-state index in [0.29, 0.717) is 22.7 Å². The number of nitro groups is 1. The molecule has 0 aliphatic heterocycles. The van der Waals surface area contributed by atoms with Gasteiger partial charge in [0.05, 0.1) is 16.6 Å². The summed E-state index contributed by atoms with van der Waals surface area (Å²) in [7, 11) is 0. The number of benzene rings is 2. The molecule has 0 fully saturated rings. The summed E-state index contributed by atoms with van der Waals surface area (Å²) in [6.07, 6.45) is 0. The molecule has 0 unspecified atom stereocenters. The lowest BCUT2D eigenvalue weighted by Crippen LogP contribution is -2.01. The molecule has 20 heavy (non-hydrogen) atoms. The first-order chi connectivity index (χ1) is 9.60. The van der Waals surface area contributed by atoms with Gasteiger partial charge >= 0.3 is 0 Å². The minimum Gasteiger partial charge on any atom is -0.381 e. The lowest BCUT2D eigenvalue weighted by atomic mass is 10.2. The highest BCUT2D eigenvalue weighted by molar-refractivity contribution is 6.31. The van der Waals surface area contributed by atoms with Crippen molar-refractivity contribution in [2.75, 3.05) is 5.32 Å². The van der Waals surface area contributed by atoms with Crippen molar-refractivity contribution in [1.29, 1.82) is 5.26 Å². The van der Waals surface area contributed by atoms with Crippen LogP contribution in [0, 0.1) is 21.4 Å². The second kappa shape index (κ2) is 6.04. The largest absolute Gasteiger partial charge is 0.381 e. The Balaban J connectivity index is 2.16. The fraction of sp³-hybridized carbons (Fsp3) is 0.0714. The summed E-state index contributed by atoms with van der Waals surface area (Å²) < 4.78 is 0. The maximum atomic E-state index is 10.7. The van der Waals surface area contributed by atoms with Gasteiger partial charge in [-0.2, -0.15) is 5.26 Å². The van der Waals surface area contributed by atoms with Crippen LogP contribution in [0.2, 0.25) is 5.02 Å². The van der Waals surface area contributed by atoms with Crippen LogP contribution < -0.4 is 5.32 Å². The zero-order valence-electron chi connectivity index (χ0n) is 10.3. The Labute approximate surface area is 120 Å². The minimum atomic E-state index is -0.462. The molecule has 5 nitrogen and oxygen atoms in total. The molecule has 2 aromatic carbocycles. The number of nitrogens with zero attached hydrogens (tertiary/aromatic N) is 2. The lowest BCUT2D eigenvalue weighted by Gasteiger charge is -2.08. The number of halogens is 1. The number of nitriles is 1. The highest BCUT2D eigenvalue weighted by atomic mass is 35.5. The summed E-state index contributed by atoms with van der Waals surface area (Å²) >= 11 is 6.01. The summed E-state index contributed by atoms with van der Waals surface area (Å²) in [6.45, 7) is 0.343. The van der Waals surface area contributed by atoms with Gasteiger partial charge in [-0.3, -0.25) is 10.1 Å². The molecular weight excluding hydrogens is 278 g/mol. The third-order valence-corrected chi connectivity index (χ3v) is 3.08. The predicted molar refractivity (Wildman–Crippen MR) is 76.6 cm³/mol. The predicted octanol–water partition coefficient (Wildman–Crippen LogP) is 3.73. The Morgan fingerprint density at radius 3 is 2.80 bits per heavy atom. The molecule has 2 rings (SSSR count). The molecule has 0 spiro atoms. The van der Waals surface area contributed by atoms with Crippen molar-refractivity contribution in [3.8, 4) is 6.07 Å². The van der Waals surface area contributed by atoms with Gasteiger partial charge < -0.3 is 5.32 Å². The lowest BCUT2D eigenvalue weighted by molar-refractivity contribution is -0.384. The molecule has 0 heterocycles. The SMILES string of the molecule is N#Cc1cccc(NCc2cc([N+](=O)[O-])ccc2Cl)c1. The molecule has 0 amide bonds. The number of anilines is 1. The number of rotatable bonds is 4. The number of nitro benzene ring substituents is 1. The van der Waals surface area contributed by atoms with Crippen molar-refractivity contribution < 1.29 is 4.92 Å². The van der Waals surface area contributed by atoms with Crippen LogP contribution in [-0.4, -0.2) is 4.92 Å². The van der Waals surface area contributed by atoms with Crippen molar-refractivity contribution in [1.82, 2.24) is 0 Å². The Morgan fingerprint density at radius 2 is 2.10 bits per heavy atom. The second-order valence-corrected chi connectivity index (χ2v) is 4.49. The monoisotopic (exact) mass is 287 g/mol. The van der Waals surface area contributed by atoms with E-state index in [1.54, 1.807) is 18.2 Å². The molecule has 100 valence electrons. The van der Waals surface area contributed by atoms with Crippen LogP contribution in [-0.2, 0) is 6.54 Å². The second-order valence-electron chi connectivity index (χ2n) is 4.08. The van der Waals surface area contributed by atoms with Crippen LogP contribution in [0.15, 0.2) is 42.5 Å². The van der Waals surface area contributed by atoms with Crippen LogP contribution >= 0.6 is 11.6 Å². The summed E-state index contributed by atoms with van der Waals surface area (Å²) in [5.41, 5.74) is 1.92. The molecule has 0 saturated carbocycles. The topological polar surface area (TPSA) is 79.0 Å². The van der Waals surface area contributed by atoms with Crippen molar-refractivity contribution in [3.63, 3.8) is 0 Å². The fourth-order valence-corrected chi connectivity index (χ4v) is 1.89. The summed E-state index contributed by atoms with van der Waals surface area (Å²) in [4.78, 5) is 10.3. The fourth-order valence-electron chi connectivity index (χ4n) is 1.71. The van der Waals surface area contributed by atoms with E-state index in [-0.39, 0.29) is 5.69 Å². The van der Waals surface area contributed by atoms with Gasteiger partial charge in [-0.05, 0) is 29.8 Å². The van der Waals surface area contributed by atoms with Crippen molar-refractivity contribution in [2.45, 2.75) is 6.54 Å². The Hall–Kier alpha value is -2.58. The smallest absolute Gasteiger partial charge is 0.269 e. The van der Waals surface area contributed by atoms with E-state index in [9.17, 15) is 10.1 Å². The van der Waals surface area contributed by atoms with Crippen LogP contribution in [0.4, 0.5) is 11.4 Å². The minimum absolute atomic E-state index is 0.00280. The average Bonchev–Trinajstić information content (AvgIpc) is 2.46. The number of non-ortho nitro benzene ring substituents is 1. The Morgan fingerprint density at radius 1 is 1.30 bits per heavy atom. The number of hydrogen-bond acceptors (Lipinski definition) is 4. The molecule has 0 saturated heterocycles. The molecule has 0 bridgehead atoms. The molecule has 1 N–H and O–H groups in total. The van der Waals surface area contributed by atoms with Gasteiger partial charge in [0.25, 0.3) is 5.69 Å². The average molecular weight is 288 g/mol. The number of nitrogens with one attached hydrogen (secondary N) is 1. The molecule has 0 aliphatic rings. The van der Waals surface area contributed by atoms with Gasteiger partial charge in [0.15, 0.2) is 0 Å². The molecule has 0 radical (unpaired) electrons. The van der Waals surface area contributed by atoms with Crippen LogP contribution in [0.1, 0.15) is 11.1 Å². The van der Waals surface area contributed by atoms with Crippen LogP contribution in [0.25, 0.3) is 0 Å². The third-order valence-electron chi connectivity index (χ3n) is 2.71. The van der Waals surface area contributed by atoms with E-state index in [4.69, 9.17) is 16.9 Å². The summed E-state index contributed by atoms with van der Waals surface area (Å²) in [6, 6.07) is 13.3. The first-order valence-electron chi connectivity index (χ1n) is 5.77. The van der Waals surface area contributed by atoms with E-state index < -0.39 is 4.92 Å².